The number of thioether (sulfide) groups is 1. The summed E-state index contributed by atoms with van der Waals surface area (Å²) in [5.41, 5.74) is 5.40. The van der Waals surface area contributed by atoms with Gasteiger partial charge in [0.15, 0.2) is 10.9 Å². The quantitative estimate of drug-likeness (QED) is 0.655. The number of anilines is 1. The Balaban J connectivity index is 1.95. The summed E-state index contributed by atoms with van der Waals surface area (Å²) in [6.45, 7) is 0. The van der Waals surface area contributed by atoms with Crippen molar-refractivity contribution < 1.29 is 4.79 Å². The Morgan fingerprint density at radius 2 is 2.38 bits per heavy atom. The van der Waals surface area contributed by atoms with E-state index in [1.54, 1.807) is 6.07 Å². The number of hydrogen-bond donors (Lipinski definition) is 1. The predicted molar refractivity (Wildman–Crippen MR) is 63.6 cm³/mol. The van der Waals surface area contributed by atoms with Crippen molar-refractivity contribution in [1.82, 2.24) is 15.0 Å². The molecule has 0 bridgehead atoms. The van der Waals surface area contributed by atoms with Crippen LogP contribution in [0, 0.1) is 0 Å². The minimum absolute atomic E-state index is 0.0685. The van der Waals surface area contributed by atoms with Crippen LogP contribution in [0.3, 0.4) is 0 Å². The molecule has 2 rings (SSSR count). The number of Topliss-reactive ketones (excluding diaryl/α,β-unsaturated/α-hetero) is 1. The highest BCUT2D eigenvalue weighted by molar-refractivity contribution is 7.99. The molecule has 0 spiro atoms. The van der Waals surface area contributed by atoms with Crippen LogP contribution in [-0.2, 0) is 0 Å². The lowest BCUT2D eigenvalue weighted by Crippen LogP contribution is -2.02. The third-order valence-corrected chi connectivity index (χ3v) is 3.47. The fraction of sp³-hybridized carbons (Fsp3) is 0.111. The zero-order valence-corrected chi connectivity index (χ0v) is 9.79. The lowest BCUT2D eigenvalue weighted by Gasteiger charge is -1.98. The molecule has 0 fully saturated rings. The van der Waals surface area contributed by atoms with Crippen molar-refractivity contribution in [2.45, 2.75) is 5.16 Å². The lowest BCUT2D eigenvalue weighted by molar-refractivity contribution is 0.102. The number of thiophene rings is 1. The molecule has 0 radical (unpaired) electrons. The van der Waals surface area contributed by atoms with E-state index >= 15 is 0 Å². The Bertz CT molecular complexity index is 486. The van der Waals surface area contributed by atoms with E-state index in [1.165, 1.54) is 29.4 Å². The number of nitrogen functional groups attached to an aromatic ring is 1. The fourth-order valence-corrected chi connectivity index (χ4v) is 2.45. The summed E-state index contributed by atoms with van der Waals surface area (Å²) in [4.78, 5) is 23.9. The molecular formula is C9H8N4OS2. The first-order valence-electron chi connectivity index (χ1n) is 4.40. The standard InChI is InChI=1S/C9H8N4OS2/c10-8-11-5-12-9(13-8)16-4-6(14)7-2-1-3-15-7/h1-3,5H,4H2,(H2,10,11,12,13). The number of rotatable bonds is 4. The van der Waals surface area contributed by atoms with Crippen LogP contribution >= 0.6 is 23.1 Å². The molecule has 0 aliphatic heterocycles. The second-order valence-corrected chi connectivity index (χ2v) is 4.71. The Hall–Kier alpha value is -1.47. The van der Waals surface area contributed by atoms with E-state index in [0.717, 1.165) is 4.88 Å². The fourth-order valence-electron chi connectivity index (χ4n) is 1.00. The van der Waals surface area contributed by atoms with Crippen molar-refractivity contribution in [3.63, 3.8) is 0 Å². The van der Waals surface area contributed by atoms with Gasteiger partial charge >= 0.3 is 0 Å². The summed E-state index contributed by atoms with van der Waals surface area (Å²) in [6.07, 6.45) is 1.33. The van der Waals surface area contributed by atoms with Crippen LogP contribution in [0.4, 0.5) is 5.95 Å². The smallest absolute Gasteiger partial charge is 0.223 e. The van der Waals surface area contributed by atoms with Crippen LogP contribution in [0.15, 0.2) is 29.0 Å². The van der Waals surface area contributed by atoms with Gasteiger partial charge in [0.2, 0.25) is 5.95 Å². The summed E-state index contributed by atoms with van der Waals surface area (Å²) < 4.78 is 0. The van der Waals surface area contributed by atoms with E-state index < -0.39 is 0 Å². The van der Waals surface area contributed by atoms with Crippen LogP contribution in [-0.4, -0.2) is 26.5 Å². The van der Waals surface area contributed by atoms with Crippen molar-refractivity contribution >= 4 is 34.8 Å². The van der Waals surface area contributed by atoms with Crippen LogP contribution in [0.25, 0.3) is 0 Å². The highest BCUT2D eigenvalue weighted by Crippen LogP contribution is 2.17. The molecule has 5 nitrogen and oxygen atoms in total. The van der Waals surface area contributed by atoms with Crippen LogP contribution < -0.4 is 5.73 Å². The second kappa shape index (κ2) is 5.04. The first-order valence-corrected chi connectivity index (χ1v) is 6.26. The Labute approximate surface area is 100 Å². The average molecular weight is 252 g/mol. The first-order chi connectivity index (χ1) is 7.75. The molecule has 2 heterocycles. The van der Waals surface area contributed by atoms with Crippen molar-refractivity contribution in [3.8, 4) is 0 Å². The van der Waals surface area contributed by atoms with Gasteiger partial charge in [0.25, 0.3) is 0 Å². The molecule has 0 saturated carbocycles. The number of carbonyl (C=O) groups excluding carboxylic acids is 1. The van der Waals surface area contributed by atoms with Gasteiger partial charge in [-0.05, 0) is 11.4 Å². The number of aromatic nitrogens is 3. The Morgan fingerprint density at radius 1 is 1.50 bits per heavy atom. The lowest BCUT2D eigenvalue weighted by atomic mass is 10.4. The van der Waals surface area contributed by atoms with Crippen molar-refractivity contribution in [3.05, 3.63) is 28.7 Å². The SMILES string of the molecule is Nc1ncnc(SCC(=O)c2cccs2)n1. The van der Waals surface area contributed by atoms with Crippen molar-refractivity contribution in [2.75, 3.05) is 11.5 Å². The molecule has 0 aliphatic carbocycles. The molecule has 0 unspecified atom stereocenters. The number of carbonyl (C=O) groups is 1. The maximum absolute atomic E-state index is 11.7. The normalized spacial score (nSPS) is 10.2. The molecule has 16 heavy (non-hydrogen) atoms. The zero-order valence-electron chi connectivity index (χ0n) is 8.16. The molecule has 0 aliphatic rings. The number of nitrogens with zero attached hydrogens (tertiary/aromatic N) is 3. The summed E-state index contributed by atoms with van der Waals surface area (Å²) in [6, 6.07) is 3.65. The van der Waals surface area contributed by atoms with E-state index in [-0.39, 0.29) is 11.7 Å². The third-order valence-electron chi connectivity index (χ3n) is 1.70. The molecule has 2 aromatic heterocycles. The van der Waals surface area contributed by atoms with Gasteiger partial charge in [0, 0.05) is 0 Å². The first kappa shape index (κ1) is 11.0. The van der Waals surface area contributed by atoms with Gasteiger partial charge in [-0.3, -0.25) is 4.79 Å². The van der Waals surface area contributed by atoms with Gasteiger partial charge in [0.1, 0.15) is 6.33 Å². The molecule has 2 aromatic rings. The maximum Gasteiger partial charge on any atom is 0.223 e. The van der Waals surface area contributed by atoms with E-state index in [1.807, 2.05) is 11.4 Å². The zero-order chi connectivity index (χ0) is 11.4. The number of ketones is 1. The van der Waals surface area contributed by atoms with Crippen LogP contribution in [0.5, 0.6) is 0 Å². The molecular weight excluding hydrogens is 244 g/mol. The van der Waals surface area contributed by atoms with Crippen LogP contribution in [0.2, 0.25) is 0 Å². The minimum Gasteiger partial charge on any atom is -0.368 e. The molecule has 7 heteroatoms. The third kappa shape index (κ3) is 2.77. The van der Waals surface area contributed by atoms with Gasteiger partial charge in [-0.2, -0.15) is 4.98 Å². The molecule has 2 N–H and O–H groups in total. The highest BCUT2D eigenvalue weighted by atomic mass is 32.2. The highest BCUT2D eigenvalue weighted by Gasteiger charge is 2.08. The van der Waals surface area contributed by atoms with E-state index in [4.69, 9.17) is 5.73 Å². The molecule has 0 amide bonds. The van der Waals surface area contributed by atoms with Gasteiger partial charge in [-0.25, -0.2) is 9.97 Å². The van der Waals surface area contributed by atoms with E-state index in [9.17, 15) is 4.79 Å². The topological polar surface area (TPSA) is 81.8 Å². The van der Waals surface area contributed by atoms with Crippen molar-refractivity contribution in [2.24, 2.45) is 0 Å². The number of nitrogens with two attached hydrogens (primary N) is 1. The van der Waals surface area contributed by atoms with Gasteiger partial charge in [0.05, 0.1) is 10.6 Å². The summed E-state index contributed by atoms with van der Waals surface area (Å²) >= 11 is 2.68. The Kier molecular flexibility index (Phi) is 3.47. The monoisotopic (exact) mass is 252 g/mol. The van der Waals surface area contributed by atoms with E-state index in [0.29, 0.717) is 10.9 Å². The summed E-state index contributed by atoms with van der Waals surface area (Å²) in [5, 5.41) is 2.34. The second-order valence-electron chi connectivity index (χ2n) is 2.82. The van der Waals surface area contributed by atoms with E-state index in [2.05, 4.69) is 15.0 Å². The molecule has 82 valence electrons. The van der Waals surface area contributed by atoms with Gasteiger partial charge < -0.3 is 5.73 Å². The van der Waals surface area contributed by atoms with Gasteiger partial charge in [-0.15, -0.1) is 11.3 Å². The molecule has 0 atom stereocenters. The predicted octanol–water partition coefficient (Wildman–Crippen LogP) is 1.49. The average Bonchev–Trinajstić information content (AvgIpc) is 2.79. The maximum atomic E-state index is 11.7. The molecule has 0 saturated heterocycles. The Morgan fingerprint density at radius 3 is 3.06 bits per heavy atom. The van der Waals surface area contributed by atoms with Gasteiger partial charge in [-0.1, -0.05) is 17.8 Å². The molecule has 0 aromatic carbocycles. The minimum atomic E-state index is 0.0685. The summed E-state index contributed by atoms with van der Waals surface area (Å²) in [7, 11) is 0. The number of hydrogen-bond acceptors (Lipinski definition) is 7. The van der Waals surface area contributed by atoms with Crippen molar-refractivity contribution in [1.29, 1.82) is 0 Å². The largest absolute Gasteiger partial charge is 0.368 e. The van der Waals surface area contributed by atoms with Crippen LogP contribution in [0.1, 0.15) is 9.67 Å². The summed E-state index contributed by atoms with van der Waals surface area (Å²) in [5.74, 6) is 0.546.